The summed E-state index contributed by atoms with van der Waals surface area (Å²) in [6.45, 7) is 2.14. The molecule has 0 amide bonds. The molecule has 0 fully saturated rings. The van der Waals surface area contributed by atoms with Crippen molar-refractivity contribution >= 4 is 5.69 Å². The fourth-order valence-corrected chi connectivity index (χ4v) is 1.12. The maximum absolute atomic E-state index is 5.34. The van der Waals surface area contributed by atoms with Crippen molar-refractivity contribution in [2.45, 2.75) is 13.3 Å². The van der Waals surface area contributed by atoms with Crippen LogP contribution >= 0.6 is 0 Å². The number of hydrazine groups is 1. The number of rotatable bonds is 2. The van der Waals surface area contributed by atoms with Crippen LogP contribution in [0, 0.1) is 0 Å². The Balaban J connectivity index is 3.14. The van der Waals surface area contributed by atoms with Gasteiger partial charge in [-0.15, -0.1) is 0 Å². The van der Waals surface area contributed by atoms with E-state index in [1.807, 2.05) is 36.4 Å². The van der Waals surface area contributed by atoms with Crippen LogP contribution in [0.4, 0.5) is 5.69 Å². The normalized spacial score (nSPS) is 9.00. The number of nitrogen functional groups attached to an aromatic ring is 1. The molecule has 0 bridgehead atoms. The quantitative estimate of drug-likeness (QED) is 0.553. The van der Waals surface area contributed by atoms with Gasteiger partial charge >= 0.3 is 0 Å². The van der Waals surface area contributed by atoms with Crippen molar-refractivity contribution in [3.05, 3.63) is 54.1 Å². The number of hydrogen-bond donors (Lipinski definition) is 2. The Morgan fingerprint density at radius 2 is 1.64 bits per heavy atom. The molecule has 74 valence electrons. The number of nitrogens with two attached hydrogens (primary N) is 1. The minimum absolute atomic E-state index is 0.892. The van der Waals surface area contributed by atoms with E-state index in [1.54, 1.807) is 0 Å². The highest BCUT2D eigenvalue weighted by Gasteiger charge is 1.81. The molecule has 0 aromatic heterocycles. The van der Waals surface area contributed by atoms with Gasteiger partial charge in [0.05, 0.1) is 0 Å². The zero-order valence-corrected chi connectivity index (χ0v) is 8.40. The van der Waals surface area contributed by atoms with Crippen molar-refractivity contribution in [1.82, 2.24) is 0 Å². The van der Waals surface area contributed by atoms with Crippen LogP contribution in [0.3, 0.4) is 0 Å². The van der Waals surface area contributed by atoms with Gasteiger partial charge < -0.3 is 5.43 Å². The van der Waals surface area contributed by atoms with E-state index >= 15 is 0 Å². The van der Waals surface area contributed by atoms with Crippen molar-refractivity contribution in [2.24, 2.45) is 5.84 Å². The first kappa shape index (κ1) is 10.5. The van der Waals surface area contributed by atoms with Gasteiger partial charge in [-0.2, -0.15) is 0 Å². The first-order chi connectivity index (χ1) is 6.86. The van der Waals surface area contributed by atoms with Gasteiger partial charge in [0.15, 0.2) is 0 Å². The molecule has 0 heterocycles. The van der Waals surface area contributed by atoms with Crippen LogP contribution < -0.4 is 11.3 Å². The highest BCUT2D eigenvalue weighted by Crippen LogP contribution is 2.01. The first-order valence-electron chi connectivity index (χ1n) is 4.75. The number of nitrogens with one attached hydrogen (secondary N) is 1. The largest absolute Gasteiger partial charge is 0.324 e. The van der Waals surface area contributed by atoms with Crippen LogP contribution in [0.1, 0.15) is 12.5 Å². The molecule has 1 aromatic carbocycles. The maximum atomic E-state index is 5.34. The van der Waals surface area contributed by atoms with Gasteiger partial charge in [-0.1, -0.05) is 43.3 Å². The fourth-order valence-electron chi connectivity index (χ4n) is 1.12. The van der Waals surface area contributed by atoms with Crippen molar-refractivity contribution in [2.75, 3.05) is 5.43 Å². The molecule has 0 aliphatic rings. The second-order valence-electron chi connectivity index (χ2n) is 2.96. The number of aryl methyl sites for hydroxylation is 1. The summed E-state index contributed by atoms with van der Waals surface area (Å²) in [5.74, 6) is 5.34. The molecule has 1 rings (SSSR count). The van der Waals surface area contributed by atoms with E-state index in [4.69, 9.17) is 5.84 Å². The van der Waals surface area contributed by atoms with Crippen molar-refractivity contribution in [3.8, 4) is 0 Å². The monoisotopic (exact) mass is 188 g/mol. The van der Waals surface area contributed by atoms with Crippen LogP contribution in [0.25, 0.3) is 0 Å². The highest BCUT2D eigenvalue weighted by atomic mass is 15.2. The lowest BCUT2D eigenvalue weighted by atomic mass is 10.2. The van der Waals surface area contributed by atoms with E-state index in [1.165, 1.54) is 5.56 Å². The summed E-state index contributed by atoms with van der Waals surface area (Å²) < 4.78 is 0. The summed E-state index contributed by atoms with van der Waals surface area (Å²) >= 11 is 0. The predicted octanol–water partition coefficient (Wildman–Crippen LogP) is 2.66. The smallest absolute Gasteiger partial charge is 0.0485 e. The lowest BCUT2D eigenvalue weighted by molar-refractivity contribution is 1.14. The van der Waals surface area contributed by atoms with Crippen molar-refractivity contribution in [3.63, 3.8) is 0 Å². The third kappa shape index (κ3) is 3.46. The minimum atomic E-state index is 0.892. The average Bonchev–Trinajstić information content (AvgIpc) is 2.24. The van der Waals surface area contributed by atoms with Gasteiger partial charge in [-0.3, -0.25) is 5.84 Å². The molecule has 14 heavy (non-hydrogen) atoms. The van der Waals surface area contributed by atoms with Crippen LogP contribution in [-0.2, 0) is 6.42 Å². The molecule has 0 spiro atoms. The van der Waals surface area contributed by atoms with Crippen LogP contribution in [0.2, 0.25) is 0 Å². The van der Waals surface area contributed by atoms with Crippen molar-refractivity contribution < 1.29 is 0 Å². The van der Waals surface area contributed by atoms with E-state index in [9.17, 15) is 0 Å². The maximum Gasteiger partial charge on any atom is 0.0485 e. The summed E-state index contributed by atoms with van der Waals surface area (Å²) in [6.07, 6.45) is 1.03. The third-order valence-electron chi connectivity index (χ3n) is 1.97. The molecular weight excluding hydrogens is 172 g/mol. The molecule has 3 N–H and O–H groups in total. The molecule has 0 aliphatic heterocycles. The zero-order chi connectivity index (χ0) is 10.2. The van der Waals surface area contributed by atoms with E-state index in [0.29, 0.717) is 0 Å². The summed E-state index contributed by atoms with van der Waals surface area (Å²) in [5, 5.41) is 0. The van der Waals surface area contributed by atoms with Gasteiger partial charge in [-0.25, -0.2) is 0 Å². The van der Waals surface area contributed by atoms with E-state index in [2.05, 4.69) is 24.5 Å². The predicted molar refractivity (Wildman–Crippen MR) is 61.3 cm³/mol. The molecule has 0 saturated carbocycles. The molecule has 2 nitrogen and oxygen atoms in total. The van der Waals surface area contributed by atoms with Gasteiger partial charge in [-0.05, 0) is 24.1 Å². The molecule has 0 aliphatic carbocycles. The molecular formula is C12H16N2. The van der Waals surface area contributed by atoms with Crippen molar-refractivity contribution in [1.29, 1.82) is 0 Å². The van der Waals surface area contributed by atoms with Crippen LogP contribution in [0.15, 0.2) is 48.5 Å². The zero-order valence-electron chi connectivity index (χ0n) is 8.40. The first-order valence-corrected chi connectivity index (χ1v) is 4.75. The summed E-state index contributed by atoms with van der Waals surface area (Å²) in [7, 11) is 0. The average molecular weight is 188 g/mol. The molecule has 0 unspecified atom stereocenters. The molecule has 0 atom stereocenters. The minimum Gasteiger partial charge on any atom is -0.324 e. The Morgan fingerprint density at radius 1 is 1.00 bits per heavy atom. The van der Waals surface area contributed by atoms with Gasteiger partial charge in [0.1, 0.15) is 0 Å². The molecule has 0 radical (unpaired) electrons. The lowest BCUT2D eigenvalue weighted by Gasteiger charge is -1.94. The summed E-state index contributed by atoms with van der Waals surface area (Å²) in [4.78, 5) is 0. The second-order valence-corrected chi connectivity index (χ2v) is 2.96. The Hall–Kier alpha value is -1.54. The van der Waals surface area contributed by atoms with E-state index in [-0.39, 0.29) is 0 Å². The second kappa shape index (κ2) is 6.00. The van der Waals surface area contributed by atoms with Crippen LogP contribution in [-0.4, -0.2) is 0 Å². The molecule has 2 heteroatoms. The topological polar surface area (TPSA) is 38.0 Å². The highest BCUT2D eigenvalue weighted by molar-refractivity contribution is 5.39. The van der Waals surface area contributed by atoms with Crippen LogP contribution in [0.5, 0.6) is 0 Å². The van der Waals surface area contributed by atoms with E-state index in [0.717, 1.165) is 12.1 Å². The Kier molecular flexibility index (Phi) is 4.51. The van der Waals surface area contributed by atoms with Gasteiger partial charge in [0.25, 0.3) is 0 Å². The Bertz CT molecular complexity index is 303. The number of anilines is 1. The summed E-state index contributed by atoms with van der Waals surface area (Å²) in [5.41, 5.74) is 4.81. The van der Waals surface area contributed by atoms with E-state index < -0.39 is 0 Å². The van der Waals surface area contributed by atoms with Gasteiger partial charge in [0.2, 0.25) is 0 Å². The van der Waals surface area contributed by atoms with Gasteiger partial charge in [0, 0.05) is 5.69 Å². The fraction of sp³-hybridized carbons (Fsp3) is 0.167. The third-order valence-corrected chi connectivity index (χ3v) is 1.97. The Labute approximate surface area is 85.1 Å². The molecule has 1 aromatic rings. The SMILES string of the molecule is CCc1cccccc(NN)ccc1. The lowest BCUT2D eigenvalue weighted by Crippen LogP contribution is -2.05. The summed E-state index contributed by atoms with van der Waals surface area (Å²) in [6, 6.07) is 16.0. The standard InChI is InChI=1S/C12H16N2/c1-2-11-7-4-3-5-9-12(14-13)10-6-8-11/h3-10,14H,2,13H2,1H3. The number of hydrogen-bond acceptors (Lipinski definition) is 2. The molecule has 0 saturated heterocycles. The Morgan fingerprint density at radius 3 is 2.36 bits per heavy atom.